The van der Waals surface area contributed by atoms with Gasteiger partial charge in [0.2, 0.25) is 0 Å². The van der Waals surface area contributed by atoms with Crippen LogP contribution in [0.5, 0.6) is 0 Å². The van der Waals surface area contributed by atoms with Gasteiger partial charge in [0.05, 0.1) is 6.54 Å². The predicted octanol–water partition coefficient (Wildman–Crippen LogP) is 1.00. The normalized spacial score (nSPS) is 9.41. The third-order valence-electron chi connectivity index (χ3n) is 1.84. The summed E-state index contributed by atoms with van der Waals surface area (Å²) in [5, 5.41) is 8.66. The molecular weight excluding hydrogens is 288 g/mol. The summed E-state index contributed by atoms with van der Waals surface area (Å²) in [5.41, 5.74) is 0.157. The summed E-state index contributed by atoms with van der Waals surface area (Å²) in [5.74, 6) is 0.618. The first-order valence-electron chi connectivity index (χ1n) is 4.60. The Bertz CT molecular complexity index is 465. The highest BCUT2D eigenvalue weighted by atomic mass is 79.9. The number of aromatic nitrogens is 1. The van der Waals surface area contributed by atoms with Crippen molar-refractivity contribution in [3.05, 3.63) is 28.5 Å². The van der Waals surface area contributed by atoms with Gasteiger partial charge in [-0.25, -0.2) is 4.98 Å². The number of pyridine rings is 1. The first-order valence-corrected chi connectivity index (χ1v) is 5.40. The molecule has 0 saturated heterocycles. The third kappa shape index (κ3) is 3.89. The molecule has 1 aromatic heterocycles. The number of hydrogen-bond donors (Lipinski definition) is 1. The summed E-state index contributed by atoms with van der Waals surface area (Å²) >= 11 is 3.19. The van der Waals surface area contributed by atoms with Gasteiger partial charge >= 0.3 is 5.97 Å². The van der Waals surface area contributed by atoms with Crippen LogP contribution in [0.25, 0.3) is 0 Å². The number of aliphatic carboxylic acids is 1. The Morgan fingerprint density at radius 3 is 2.71 bits per heavy atom. The van der Waals surface area contributed by atoms with Crippen LogP contribution in [-0.2, 0) is 4.79 Å². The maximum Gasteiger partial charge on any atom is 0.323 e. The van der Waals surface area contributed by atoms with Gasteiger partial charge in [-0.2, -0.15) is 0 Å². The van der Waals surface area contributed by atoms with Crippen molar-refractivity contribution >= 4 is 27.8 Å². The molecule has 1 N–H and O–H groups in total. The molecule has 0 aliphatic rings. The van der Waals surface area contributed by atoms with Crippen molar-refractivity contribution in [2.24, 2.45) is 0 Å². The summed E-state index contributed by atoms with van der Waals surface area (Å²) in [4.78, 5) is 27.4. The van der Waals surface area contributed by atoms with Crippen molar-refractivity contribution in [1.29, 1.82) is 0 Å². The summed E-state index contributed by atoms with van der Waals surface area (Å²) in [6, 6.07) is 3.15. The minimum absolute atomic E-state index is 0.0666. The van der Waals surface area contributed by atoms with Crippen molar-refractivity contribution in [3.63, 3.8) is 0 Å². The van der Waals surface area contributed by atoms with E-state index < -0.39 is 18.4 Å². The molecule has 1 aromatic rings. The number of carboxylic acids is 1. The molecule has 0 bridgehead atoms. The monoisotopic (exact) mass is 296 g/mol. The van der Waals surface area contributed by atoms with Gasteiger partial charge in [-0.1, -0.05) is 5.92 Å². The Labute approximate surface area is 107 Å². The van der Waals surface area contributed by atoms with Crippen LogP contribution in [0.15, 0.2) is 22.8 Å². The van der Waals surface area contributed by atoms with Crippen LogP contribution in [0.4, 0.5) is 0 Å². The van der Waals surface area contributed by atoms with E-state index in [-0.39, 0.29) is 12.2 Å². The summed E-state index contributed by atoms with van der Waals surface area (Å²) in [7, 11) is 0. The molecule has 17 heavy (non-hydrogen) atoms. The average molecular weight is 297 g/mol. The fourth-order valence-corrected chi connectivity index (χ4v) is 1.37. The van der Waals surface area contributed by atoms with Gasteiger partial charge in [0.25, 0.3) is 5.91 Å². The fourth-order valence-electron chi connectivity index (χ4n) is 1.14. The number of nitrogens with zero attached hydrogens (tertiary/aromatic N) is 2. The minimum Gasteiger partial charge on any atom is -0.480 e. The van der Waals surface area contributed by atoms with E-state index >= 15 is 0 Å². The molecule has 0 unspecified atom stereocenters. The summed E-state index contributed by atoms with van der Waals surface area (Å²) in [6.07, 6.45) is 6.54. The van der Waals surface area contributed by atoms with E-state index in [1.54, 1.807) is 6.07 Å². The number of halogens is 1. The molecule has 0 fully saturated rings. The highest BCUT2D eigenvalue weighted by Gasteiger charge is 2.18. The van der Waals surface area contributed by atoms with Gasteiger partial charge in [0.15, 0.2) is 0 Å². The first kappa shape index (κ1) is 13.2. The zero-order chi connectivity index (χ0) is 12.8. The lowest BCUT2D eigenvalue weighted by atomic mass is 10.3. The van der Waals surface area contributed by atoms with E-state index in [0.29, 0.717) is 0 Å². The van der Waals surface area contributed by atoms with Gasteiger partial charge in [-0.05, 0) is 28.1 Å². The molecule has 0 saturated carbocycles. The summed E-state index contributed by atoms with van der Waals surface area (Å²) < 4.78 is 0.732. The number of hydrogen-bond acceptors (Lipinski definition) is 3. The van der Waals surface area contributed by atoms with E-state index in [0.717, 1.165) is 9.37 Å². The number of carbonyl (C=O) groups excluding carboxylic acids is 1. The maximum atomic E-state index is 11.9. The van der Waals surface area contributed by atoms with Crippen LogP contribution in [0.3, 0.4) is 0 Å². The van der Waals surface area contributed by atoms with Crippen molar-refractivity contribution in [1.82, 2.24) is 9.88 Å². The predicted molar refractivity (Wildman–Crippen MR) is 64.3 cm³/mol. The molecule has 88 valence electrons. The molecule has 0 aromatic carbocycles. The molecular formula is C11H9BrN2O3. The molecule has 1 amide bonds. The number of amides is 1. The van der Waals surface area contributed by atoms with E-state index in [2.05, 4.69) is 26.8 Å². The van der Waals surface area contributed by atoms with Gasteiger partial charge < -0.3 is 10.0 Å². The molecule has 6 heteroatoms. The topological polar surface area (TPSA) is 70.5 Å². The Balaban J connectivity index is 2.88. The van der Waals surface area contributed by atoms with Crippen molar-refractivity contribution in [3.8, 4) is 12.3 Å². The first-order chi connectivity index (χ1) is 8.04. The lowest BCUT2D eigenvalue weighted by Crippen LogP contribution is -2.36. The second-order valence-corrected chi connectivity index (χ2v) is 4.04. The Hall–Kier alpha value is -1.87. The molecule has 0 aliphatic heterocycles. The van der Waals surface area contributed by atoms with E-state index in [9.17, 15) is 9.59 Å². The van der Waals surface area contributed by atoms with E-state index in [1.807, 2.05) is 0 Å². The quantitative estimate of drug-likeness (QED) is 0.842. The van der Waals surface area contributed by atoms with Crippen molar-refractivity contribution in [2.75, 3.05) is 13.1 Å². The molecule has 0 spiro atoms. The lowest BCUT2D eigenvalue weighted by molar-refractivity contribution is -0.137. The zero-order valence-electron chi connectivity index (χ0n) is 8.76. The van der Waals surface area contributed by atoms with E-state index in [4.69, 9.17) is 11.5 Å². The SMILES string of the molecule is C#CCN(CC(=O)O)C(=O)c1ccc(Br)cn1. The van der Waals surface area contributed by atoms with E-state index in [1.165, 1.54) is 12.3 Å². The molecule has 1 heterocycles. The highest BCUT2D eigenvalue weighted by molar-refractivity contribution is 9.10. The second-order valence-electron chi connectivity index (χ2n) is 3.12. The third-order valence-corrected chi connectivity index (χ3v) is 2.31. The van der Waals surface area contributed by atoms with Crippen LogP contribution in [0.2, 0.25) is 0 Å². The largest absolute Gasteiger partial charge is 0.480 e. The van der Waals surface area contributed by atoms with Gasteiger partial charge in [-0.3, -0.25) is 9.59 Å². The maximum absolute atomic E-state index is 11.9. The summed E-state index contributed by atoms with van der Waals surface area (Å²) in [6.45, 7) is -0.510. The standard InChI is InChI=1S/C11H9BrN2O3/c1-2-5-14(7-10(15)16)11(17)9-4-3-8(12)6-13-9/h1,3-4,6H,5,7H2,(H,15,16). The zero-order valence-corrected chi connectivity index (χ0v) is 10.3. The fraction of sp³-hybridized carbons (Fsp3) is 0.182. The van der Waals surface area contributed by atoms with Crippen LogP contribution in [-0.4, -0.2) is 40.0 Å². The van der Waals surface area contributed by atoms with Crippen LogP contribution in [0, 0.1) is 12.3 Å². The van der Waals surface area contributed by atoms with Crippen LogP contribution >= 0.6 is 15.9 Å². The average Bonchev–Trinajstić information content (AvgIpc) is 2.28. The van der Waals surface area contributed by atoms with Gasteiger partial charge in [0.1, 0.15) is 12.2 Å². The van der Waals surface area contributed by atoms with Crippen molar-refractivity contribution < 1.29 is 14.7 Å². The molecule has 1 rings (SSSR count). The van der Waals surface area contributed by atoms with Crippen LogP contribution in [0.1, 0.15) is 10.5 Å². The molecule has 5 nitrogen and oxygen atoms in total. The van der Waals surface area contributed by atoms with Gasteiger partial charge in [-0.15, -0.1) is 6.42 Å². The lowest BCUT2D eigenvalue weighted by Gasteiger charge is -2.17. The number of carboxylic acid groups (broad SMARTS) is 1. The highest BCUT2D eigenvalue weighted by Crippen LogP contribution is 2.09. The molecule has 0 atom stereocenters. The Morgan fingerprint density at radius 2 is 2.24 bits per heavy atom. The smallest absolute Gasteiger partial charge is 0.323 e. The number of rotatable bonds is 4. The van der Waals surface area contributed by atoms with Crippen LogP contribution < -0.4 is 0 Å². The second kappa shape index (κ2) is 6.01. The van der Waals surface area contributed by atoms with Gasteiger partial charge in [0, 0.05) is 10.7 Å². The number of terminal acetylenes is 1. The molecule has 0 radical (unpaired) electrons. The molecule has 0 aliphatic carbocycles. The Morgan fingerprint density at radius 1 is 1.53 bits per heavy atom. The minimum atomic E-state index is -1.12. The number of carbonyl (C=O) groups is 2. The Kier molecular flexibility index (Phi) is 4.67. The van der Waals surface area contributed by atoms with Crippen molar-refractivity contribution in [2.45, 2.75) is 0 Å².